The van der Waals surface area contributed by atoms with Crippen molar-refractivity contribution >= 4 is 17.3 Å². The first-order valence-corrected chi connectivity index (χ1v) is 7.28. The van der Waals surface area contributed by atoms with Gasteiger partial charge in [0.2, 0.25) is 0 Å². The summed E-state index contributed by atoms with van der Waals surface area (Å²) in [5, 5.41) is 0.729. The maximum Gasteiger partial charge on any atom is 0.358 e. The van der Waals surface area contributed by atoms with Gasteiger partial charge >= 0.3 is 5.97 Å². The van der Waals surface area contributed by atoms with Gasteiger partial charge in [0.1, 0.15) is 16.5 Å². The summed E-state index contributed by atoms with van der Waals surface area (Å²) in [6.45, 7) is 3.95. The molecule has 112 valence electrons. The molecule has 2 rings (SSSR count). The van der Waals surface area contributed by atoms with E-state index < -0.39 is 5.97 Å². The molecule has 0 aliphatic rings. The Labute approximate surface area is 127 Å². The molecule has 0 saturated carbocycles. The second kappa shape index (κ2) is 6.58. The topological polar surface area (TPSA) is 57.7 Å². The van der Waals surface area contributed by atoms with Crippen molar-refractivity contribution in [2.24, 2.45) is 0 Å². The van der Waals surface area contributed by atoms with Crippen molar-refractivity contribution in [3.05, 3.63) is 28.8 Å². The first kappa shape index (κ1) is 15.3. The highest BCUT2D eigenvalue weighted by Gasteiger charge is 2.18. The first-order valence-electron chi connectivity index (χ1n) is 6.47. The number of aromatic nitrogens is 1. The summed E-state index contributed by atoms with van der Waals surface area (Å²) in [4.78, 5) is 17.0. The van der Waals surface area contributed by atoms with Crippen LogP contribution in [-0.4, -0.2) is 31.8 Å². The first-order chi connectivity index (χ1) is 10.1. The molecule has 1 aromatic carbocycles. The predicted molar refractivity (Wildman–Crippen MR) is 81.3 cm³/mol. The third-order valence-corrected chi connectivity index (χ3v) is 3.88. The Bertz CT molecular complexity index is 629. The van der Waals surface area contributed by atoms with Gasteiger partial charge in [-0.3, -0.25) is 0 Å². The van der Waals surface area contributed by atoms with Crippen molar-refractivity contribution in [2.75, 3.05) is 20.8 Å². The van der Waals surface area contributed by atoms with Crippen LogP contribution in [0.1, 0.15) is 22.3 Å². The number of methoxy groups -OCH3 is 2. The van der Waals surface area contributed by atoms with Crippen molar-refractivity contribution in [3.8, 4) is 22.1 Å². The number of benzene rings is 1. The summed E-state index contributed by atoms with van der Waals surface area (Å²) in [6.07, 6.45) is 0. The van der Waals surface area contributed by atoms with Crippen molar-refractivity contribution in [1.82, 2.24) is 4.98 Å². The molecule has 0 bridgehead atoms. The lowest BCUT2D eigenvalue weighted by atomic mass is 10.2. The fourth-order valence-electron chi connectivity index (χ4n) is 1.84. The maximum atomic E-state index is 11.8. The van der Waals surface area contributed by atoms with E-state index in [4.69, 9.17) is 14.2 Å². The molecule has 0 aliphatic carbocycles. The van der Waals surface area contributed by atoms with Crippen molar-refractivity contribution in [3.63, 3.8) is 0 Å². The van der Waals surface area contributed by atoms with Gasteiger partial charge in [-0.05, 0) is 26.0 Å². The van der Waals surface area contributed by atoms with Gasteiger partial charge in [0.15, 0.2) is 5.69 Å². The molecule has 0 amide bonds. The Morgan fingerprint density at radius 3 is 2.33 bits per heavy atom. The zero-order valence-corrected chi connectivity index (χ0v) is 13.2. The number of carbonyl (C=O) groups excluding carboxylic acids is 1. The van der Waals surface area contributed by atoms with E-state index in [2.05, 4.69) is 4.98 Å². The molecule has 6 heteroatoms. The van der Waals surface area contributed by atoms with Crippen LogP contribution in [0.15, 0.2) is 18.2 Å². The Balaban J connectivity index is 2.43. The molecule has 1 heterocycles. The molecule has 0 fully saturated rings. The molecule has 0 spiro atoms. The normalized spacial score (nSPS) is 10.3. The minimum atomic E-state index is -0.396. The van der Waals surface area contributed by atoms with Gasteiger partial charge in [-0.2, -0.15) is 0 Å². The maximum absolute atomic E-state index is 11.8. The van der Waals surface area contributed by atoms with Crippen molar-refractivity contribution < 1.29 is 19.0 Å². The van der Waals surface area contributed by atoms with E-state index in [0.717, 1.165) is 15.4 Å². The fourth-order valence-corrected chi connectivity index (χ4v) is 2.73. The molecule has 0 N–H and O–H groups in total. The number of nitrogens with zero attached hydrogens (tertiary/aromatic N) is 1. The molecule has 0 saturated heterocycles. The van der Waals surface area contributed by atoms with Gasteiger partial charge in [-0.25, -0.2) is 9.78 Å². The summed E-state index contributed by atoms with van der Waals surface area (Å²) in [7, 11) is 3.19. The highest BCUT2D eigenvalue weighted by atomic mass is 32.1. The van der Waals surface area contributed by atoms with Gasteiger partial charge in [-0.1, -0.05) is 0 Å². The van der Waals surface area contributed by atoms with Crippen LogP contribution in [0.3, 0.4) is 0 Å². The number of thiazole rings is 1. The summed E-state index contributed by atoms with van der Waals surface area (Å²) >= 11 is 1.44. The van der Waals surface area contributed by atoms with Gasteiger partial charge in [0.05, 0.1) is 20.8 Å². The van der Waals surface area contributed by atoms with Crippen LogP contribution in [-0.2, 0) is 4.74 Å². The van der Waals surface area contributed by atoms with Gasteiger partial charge < -0.3 is 14.2 Å². The molecule has 2 aromatic rings. The van der Waals surface area contributed by atoms with E-state index in [1.165, 1.54) is 11.3 Å². The minimum Gasteiger partial charge on any atom is -0.497 e. The lowest BCUT2D eigenvalue weighted by Crippen LogP contribution is -2.06. The molecule has 0 atom stereocenters. The van der Waals surface area contributed by atoms with Crippen LogP contribution in [0.5, 0.6) is 11.5 Å². The van der Waals surface area contributed by atoms with Crippen LogP contribution in [0.4, 0.5) is 0 Å². The molecule has 5 nitrogen and oxygen atoms in total. The molecule has 21 heavy (non-hydrogen) atoms. The van der Waals surface area contributed by atoms with E-state index in [1.54, 1.807) is 27.2 Å². The zero-order chi connectivity index (χ0) is 15.4. The average molecular weight is 307 g/mol. The van der Waals surface area contributed by atoms with Gasteiger partial charge in [0, 0.05) is 16.5 Å². The van der Waals surface area contributed by atoms with Crippen LogP contribution in [0, 0.1) is 6.92 Å². The minimum absolute atomic E-state index is 0.331. The fraction of sp³-hybridized carbons (Fsp3) is 0.333. The molecular formula is C15H17NO4S. The molecule has 0 unspecified atom stereocenters. The SMILES string of the molecule is CCOC(=O)c1nc(-c2cc(OC)cc(OC)c2)sc1C. The second-order valence-electron chi connectivity index (χ2n) is 4.25. The number of esters is 1. The number of carbonyl (C=O) groups is 1. The molecule has 0 radical (unpaired) electrons. The quantitative estimate of drug-likeness (QED) is 0.793. The predicted octanol–water partition coefficient (Wildman–Crippen LogP) is 3.31. The number of rotatable bonds is 5. The van der Waals surface area contributed by atoms with E-state index in [9.17, 15) is 4.79 Å². The third-order valence-electron chi connectivity index (χ3n) is 2.86. The number of hydrogen-bond donors (Lipinski definition) is 0. The Hall–Kier alpha value is -2.08. The summed E-state index contributed by atoms with van der Waals surface area (Å²) in [5.74, 6) is 0.956. The summed E-state index contributed by atoms with van der Waals surface area (Å²) < 4.78 is 15.5. The van der Waals surface area contributed by atoms with E-state index in [0.29, 0.717) is 23.8 Å². The van der Waals surface area contributed by atoms with Gasteiger partial charge in [0.25, 0.3) is 0 Å². The van der Waals surface area contributed by atoms with E-state index >= 15 is 0 Å². The summed E-state index contributed by atoms with van der Waals surface area (Å²) in [5.41, 5.74) is 1.20. The smallest absolute Gasteiger partial charge is 0.358 e. The van der Waals surface area contributed by atoms with Crippen molar-refractivity contribution in [1.29, 1.82) is 0 Å². The highest BCUT2D eigenvalue weighted by Crippen LogP contribution is 2.33. The number of ether oxygens (including phenoxy) is 3. The standard InChI is InChI=1S/C15H17NO4S/c1-5-20-15(17)13-9(2)21-14(16-13)10-6-11(18-3)8-12(7-10)19-4/h6-8H,5H2,1-4H3. The number of hydrogen-bond acceptors (Lipinski definition) is 6. The third kappa shape index (κ3) is 3.33. The largest absolute Gasteiger partial charge is 0.497 e. The Kier molecular flexibility index (Phi) is 4.80. The van der Waals surface area contributed by atoms with Crippen LogP contribution in [0.25, 0.3) is 10.6 Å². The van der Waals surface area contributed by atoms with Crippen LogP contribution < -0.4 is 9.47 Å². The average Bonchev–Trinajstić information content (AvgIpc) is 2.89. The Morgan fingerprint density at radius 1 is 1.19 bits per heavy atom. The Morgan fingerprint density at radius 2 is 1.81 bits per heavy atom. The van der Waals surface area contributed by atoms with E-state index in [-0.39, 0.29) is 0 Å². The van der Waals surface area contributed by atoms with E-state index in [1.807, 2.05) is 19.1 Å². The molecule has 1 aromatic heterocycles. The highest BCUT2D eigenvalue weighted by molar-refractivity contribution is 7.15. The lowest BCUT2D eigenvalue weighted by molar-refractivity contribution is 0.0519. The lowest BCUT2D eigenvalue weighted by Gasteiger charge is -2.06. The monoisotopic (exact) mass is 307 g/mol. The van der Waals surface area contributed by atoms with Crippen molar-refractivity contribution in [2.45, 2.75) is 13.8 Å². The number of aryl methyl sites for hydroxylation is 1. The van der Waals surface area contributed by atoms with Gasteiger partial charge in [-0.15, -0.1) is 11.3 Å². The van der Waals surface area contributed by atoms with Crippen LogP contribution in [0.2, 0.25) is 0 Å². The zero-order valence-electron chi connectivity index (χ0n) is 12.4. The molecule has 0 aliphatic heterocycles. The second-order valence-corrected chi connectivity index (χ2v) is 5.45. The van der Waals surface area contributed by atoms with Crippen LogP contribution >= 0.6 is 11.3 Å². The molecular weight excluding hydrogens is 290 g/mol. The summed E-state index contributed by atoms with van der Waals surface area (Å²) in [6, 6.07) is 5.50.